The summed E-state index contributed by atoms with van der Waals surface area (Å²) < 4.78 is 0. The van der Waals surface area contributed by atoms with Crippen LogP contribution in [0.3, 0.4) is 0 Å². The van der Waals surface area contributed by atoms with Gasteiger partial charge in [-0.1, -0.05) is 6.92 Å². The number of nitrogens with zero attached hydrogens (tertiary/aromatic N) is 2. The molecule has 1 heterocycles. The van der Waals surface area contributed by atoms with Crippen molar-refractivity contribution in [2.24, 2.45) is 5.73 Å². The van der Waals surface area contributed by atoms with Crippen LogP contribution in [-0.2, 0) is 0 Å². The maximum atomic E-state index is 8.99. The predicted molar refractivity (Wildman–Crippen MR) is 66.9 cm³/mol. The molecule has 0 radical (unpaired) electrons. The van der Waals surface area contributed by atoms with Gasteiger partial charge < -0.3 is 5.73 Å². The highest BCUT2D eigenvalue weighted by atomic mass is 15.2. The number of rotatable bonds is 5. The number of hydrogen-bond acceptors (Lipinski definition) is 3. The quantitative estimate of drug-likeness (QED) is 0.778. The number of nitriles is 1. The molecule has 1 aliphatic rings. The van der Waals surface area contributed by atoms with Crippen LogP contribution in [0, 0.1) is 11.3 Å². The van der Waals surface area contributed by atoms with Crippen molar-refractivity contribution in [1.29, 1.82) is 5.26 Å². The van der Waals surface area contributed by atoms with Gasteiger partial charge in [0.25, 0.3) is 0 Å². The second-order valence-electron chi connectivity index (χ2n) is 5.63. The average molecular weight is 223 g/mol. The fourth-order valence-corrected chi connectivity index (χ4v) is 2.47. The van der Waals surface area contributed by atoms with Gasteiger partial charge in [0, 0.05) is 5.54 Å². The summed E-state index contributed by atoms with van der Waals surface area (Å²) in [5.74, 6) is 0. The topological polar surface area (TPSA) is 53.1 Å². The summed E-state index contributed by atoms with van der Waals surface area (Å²) in [6.45, 7) is 8.87. The van der Waals surface area contributed by atoms with Crippen LogP contribution in [0.25, 0.3) is 0 Å². The second-order valence-corrected chi connectivity index (χ2v) is 5.63. The lowest BCUT2D eigenvalue weighted by Gasteiger charge is -2.32. The van der Waals surface area contributed by atoms with Crippen LogP contribution in [0.4, 0.5) is 0 Å². The molecule has 92 valence electrons. The molecule has 0 saturated carbocycles. The van der Waals surface area contributed by atoms with E-state index in [0.717, 1.165) is 25.8 Å². The Morgan fingerprint density at radius 1 is 1.50 bits per heavy atom. The summed E-state index contributed by atoms with van der Waals surface area (Å²) in [7, 11) is 0. The first-order valence-corrected chi connectivity index (χ1v) is 6.39. The normalized spacial score (nSPS) is 23.9. The molecule has 16 heavy (non-hydrogen) atoms. The smallest absolute Gasteiger partial charge is 0.104 e. The molecule has 0 bridgehead atoms. The van der Waals surface area contributed by atoms with Crippen molar-refractivity contribution in [1.82, 2.24) is 4.90 Å². The Kier molecular flexibility index (Phi) is 4.35. The number of hydrogen-bond donors (Lipinski definition) is 1. The summed E-state index contributed by atoms with van der Waals surface area (Å²) in [6.07, 6.45) is 5.17. The van der Waals surface area contributed by atoms with Crippen molar-refractivity contribution in [2.45, 2.75) is 64.0 Å². The van der Waals surface area contributed by atoms with Gasteiger partial charge in [0.1, 0.15) is 5.54 Å². The zero-order valence-electron chi connectivity index (χ0n) is 10.9. The van der Waals surface area contributed by atoms with Gasteiger partial charge in [-0.2, -0.15) is 5.26 Å². The maximum absolute atomic E-state index is 8.99. The molecule has 1 unspecified atom stereocenters. The van der Waals surface area contributed by atoms with Gasteiger partial charge in [0.05, 0.1) is 6.07 Å². The lowest BCUT2D eigenvalue weighted by Crippen LogP contribution is -2.41. The van der Waals surface area contributed by atoms with E-state index in [2.05, 4.69) is 24.8 Å². The molecule has 0 spiro atoms. The van der Waals surface area contributed by atoms with Crippen molar-refractivity contribution in [3.63, 3.8) is 0 Å². The van der Waals surface area contributed by atoms with Gasteiger partial charge >= 0.3 is 0 Å². The molecule has 0 aromatic carbocycles. The fourth-order valence-electron chi connectivity index (χ4n) is 2.47. The highest BCUT2D eigenvalue weighted by molar-refractivity contribution is 5.03. The van der Waals surface area contributed by atoms with E-state index in [-0.39, 0.29) is 0 Å². The Hall–Kier alpha value is -0.590. The monoisotopic (exact) mass is 223 g/mol. The zero-order valence-corrected chi connectivity index (χ0v) is 10.9. The fraction of sp³-hybridized carbons (Fsp3) is 0.923. The summed E-state index contributed by atoms with van der Waals surface area (Å²) in [5, 5.41) is 8.99. The molecule has 1 rings (SSSR count). The molecule has 3 nitrogen and oxygen atoms in total. The number of nitrogens with two attached hydrogens (primary N) is 1. The van der Waals surface area contributed by atoms with Crippen molar-refractivity contribution in [3.8, 4) is 6.07 Å². The predicted octanol–water partition coefficient (Wildman–Crippen LogP) is 2.27. The van der Waals surface area contributed by atoms with E-state index in [4.69, 9.17) is 11.0 Å². The average Bonchev–Trinajstić information content (AvgIpc) is 2.58. The van der Waals surface area contributed by atoms with Gasteiger partial charge in [-0.25, -0.2) is 0 Å². The van der Waals surface area contributed by atoms with E-state index in [0.29, 0.717) is 5.54 Å². The van der Waals surface area contributed by atoms with E-state index in [1.807, 2.05) is 6.92 Å². The molecule has 2 N–H and O–H groups in total. The third-order valence-corrected chi connectivity index (χ3v) is 3.98. The molecule has 0 amide bonds. The Morgan fingerprint density at radius 2 is 2.19 bits per heavy atom. The van der Waals surface area contributed by atoms with Crippen molar-refractivity contribution < 1.29 is 0 Å². The van der Waals surface area contributed by atoms with Crippen molar-refractivity contribution in [2.75, 3.05) is 13.1 Å². The third kappa shape index (κ3) is 3.20. The molecule has 0 aromatic rings. The minimum absolute atomic E-state index is 0.343. The van der Waals surface area contributed by atoms with E-state index < -0.39 is 5.54 Å². The molecule has 1 aliphatic heterocycles. The molecular formula is C13H25N3. The van der Waals surface area contributed by atoms with Gasteiger partial charge in [-0.15, -0.1) is 0 Å². The van der Waals surface area contributed by atoms with Crippen LogP contribution in [0.2, 0.25) is 0 Å². The Bertz CT molecular complexity index is 267. The SMILES string of the molecule is CCC(N)(C#N)CCCN1CCCC1(C)C. The second kappa shape index (κ2) is 5.16. The Balaban J connectivity index is 2.34. The first-order chi connectivity index (χ1) is 7.43. The Labute approximate surface area is 99.6 Å². The minimum Gasteiger partial charge on any atom is -0.313 e. The van der Waals surface area contributed by atoms with Crippen LogP contribution in [-0.4, -0.2) is 29.1 Å². The molecule has 1 atom stereocenters. The summed E-state index contributed by atoms with van der Waals surface area (Å²) >= 11 is 0. The Morgan fingerprint density at radius 3 is 2.62 bits per heavy atom. The van der Waals surface area contributed by atoms with Crippen LogP contribution in [0.5, 0.6) is 0 Å². The number of likely N-dealkylation sites (tertiary alicyclic amines) is 1. The molecule has 3 heteroatoms. The van der Waals surface area contributed by atoms with Crippen LogP contribution in [0.15, 0.2) is 0 Å². The maximum Gasteiger partial charge on any atom is 0.104 e. The molecule has 1 saturated heterocycles. The van der Waals surface area contributed by atoms with E-state index in [1.54, 1.807) is 0 Å². The van der Waals surface area contributed by atoms with E-state index >= 15 is 0 Å². The largest absolute Gasteiger partial charge is 0.313 e. The van der Waals surface area contributed by atoms with Gasteiger partial charge in [-0.3, -0.25) is 4.90 Å². The summed E-state index contributed by atoms with van der Waals surface area (Å²) in [6, 6.07) is 2.23. The lowest BCUT2D eigenvalue weighted by molar-refractivity contribution is 0.169. The van der Waals surface area contributed by atoms with E-state index in [1.165, 1.54) is 19.4 Å². The first-order valence-electron chi connectivity index (χ1n) is 6.39. The van der Waals surface area contributed by atoms with Crippen molar-refractivity contribution >= 4 is 0 Å². The first kappa shape index (κ1) is 13.5. The highest BCUT2D eigenvalue weighted by Crippen LogP contribution is 2.28. The summed E-state index contributed by atoms with van der Waals surface area (Å²) in [4.78, 5) is 2.53. The van der Waals surface area contributed by atoms with Gasteiger partial charge in [-0.05, 0) is 59.0 Å². The summed E-state index contributed by atoms with van der Waals surface area (Å²) in [5.41, 5.74) is 5.71. The highest BCUT2D eigenvalue weighted by Gasteiger charge is 2.31. The van der Waals surface area contributed by atoms with Crippen LogP contribution >= 0.6 is 0 Å². The van der Waals surface area contributed by atoms with Gasteiger partial charge in [0.15, 0.2) is 0 Å². The lowest BCUT2D eigenvalue weighted by atomic mass is 9.93. The van der Waals surface area contributed by atoms with Crippen LogP contribution < -0.4 is 5.73 Å². The molecule has 0 aromatic heterocycles. The van der Waals surface area contributed by atoms with Crippen molar-refractivity contribution in [3.05, 3.63) is 0 Å². The third-order valence-electron chi connectivity index (χ3n) is 3.98. The molecular weight excluding hydrogens is 198 g/mol. The van der Waals surface area contributed by atoms with Gasteiger partial charge in [0.2, 0.25) is 0 Å². The molecule has 0 aliphatic carbocycles. The van der Waals surface area contributed by atoms with Crippen LogP contribution in [0.1, 0.15) is 52.9 Å². The minimum atomic E-state index is -0.607. The molecule has 1 fully saturated rings. The zero-order chi connectivity index (χ0) is 12.2. The van der Waals surface area contributed by atoms with E-state index in [9.17, 15) is 0 Å². The standard InChI is InChI=1S/C13H25N3/c1-4-13(15,11-14)8-6-10-16-9-5-7-12(16,2)3/h4-10,15H2,1-3H3.